The van der Waals surface area contributed by atoms with Gasteiger partial charge in [0.2, 0.25) is 0 Å². The van der Waals surface area contributed by atoms with Crippen LogP contribution in [0, 0.1) is 5.82 Å². The SMILES string of the molecule is O=C1S/C(=C/c2cc(Br)c(OCc3cccc(F)c3)c(Br)c2)C(=O)N1c1cccc(Cl)c1. The quantitative estimate of drug-likeness (QED) is 0.282. The highest BCUT2D eigenvalue weighted by molar-refractivity contribution is 9.11. The van der Waals surface area contributed by atoms with Crippen molar-refractivity contribution >= 4 is 78.1 Å². The molecule has 1 aliphatic rings. The largest absolute Gasteiger partial charge is 0.487 e. The Morgan fingerprint density at radius 3 is 2.44 bits per heavy atom. The van der Waals surface area contributed by atoms with E-state index in [-0.39, 0.29) is 12.4 Å². The van der Waals surface area contributed by atoms with Crippen LogP contribution >= 0.6 is 55.2 Å². The van der Waals surface area contributed by atoms with Gasteiger partial charge in [-0.25, -0.2) is 9.29 Å². The molecule has 4 nitrogen and oxygen atoms in total. The van der Waals surface area contributed by atoms with E-state index in [1.165, 1.54) is 12.1 Å². The van der Waals surface area contributed by atoms with E-state index in [2.05, 4.69) is 31.9 Å². The molecule has 0 aromatic heterocycles. The number of imide groups is 1. The lowest BCUT2D eigenvalue weighted by Gasteiger charge is -2.13. The van der Waals surface area contributed by atoms with E-state index >= 15 is 0 Å². The second-order valence-electron chi connectivity index (χ2n) is 6.73. The molecule has 1 aliphatic heterocycles. The second kappa shape index (κ2) is 9.79. The summed E-state index contributed by atoms with van der Waals surface area (Å²) in [5, 5.41) is 0.0453. The Morgan fingerprint density at radius 2 is 1.75 bits per heavy atom. The number of hydrogen-bond donors (Lipinski definition) is 0. The topological polar surface area (TPSA) is 46.6 Å². The Bertz CT molecular complexity index is 1240. The minimum Gasteiger partial charge on any atom is -0.487 e. The molecule has 32 heavy (non-hydrogen) atoms. The van der Waals surface area contributed by atoms with Gasteiger partial charge in [0.05, 0.1) is 19.5 Å². The van der Waals surface area contributed by atoms with Gasteiger partial charge in [-0.2, -0.15) is 0 Å². The van der Waals surface area contributed by atoms with E-state index < -0.39 is 11.1 Å². The third-order valence-corrected chi connectivity index (χ3v) is 6.73. The fraction of sp³-hybridized carbons (Fsp3) is 0.0435. The van der Waals surface area contributed by atoms with Crippen LogP contribution in [-0.4, -0.2) is 11.1 Å². The molecule has 0 atom stereocenters. The van der Waals surface area contributed by atoms with Gasteiger partial charge in [0.25, 0.3) is 11.1 Å². The highest BCUT2D eigenvalue weighted by atomic mass is 79.9. The summed E-state index contributed by atoms with van der Waals surface area (Å²) in [6, 6.07) is 16.3. The molecule has 162 valence electrons. The third kappa shape index (κ3) is 5.09. The Kier molecular flexibility index (Phi) is 7.05. The predicted molar refractivity (Wildman–Crippen MR) is 132 cm³/mol. The molecule has 0 radical (unpaired) electrons. The maximum Gasteiger partial charge on any atom is 0.298 e. The van der Waals surface area contributed by atoms with Gasteiger partial charge in [-0.05, 0) is 103 Å². The molecule has 0 N–H and O–H groups in total. The number of hydrogen-bond acceptors (Lipinski definition) is 4. The van der Waals surface area contributed by atoms with Gasteiger partial charge in [0.15, 0.2) is 0 Å². The van der Waals surface area contributed by atoms with Crippen molar-refractivity contribution in [2.75, 3.05) is 4.90 Å². The lowest BCUT2D eigenvalue weighted by atomic mass is 10.2. The Labute approximate surface area is 209 Å². The smallest absolute Gasteiger partial charge is 0.298 e. The van der Waals surface area contributed by atoms with Crippen molar-refractivity contribution in [2.24, 2.45) is 0 Å². The average molecular weight is 598 g/mol. The van der Waals surface area contributed by atoms with Gasteiger partial charge in [-0.15, -0.1) is 0 Å². The first-order chi connectivity index (χ1) is 15.3. The number of benzene rings is 3. The van der Waals surface area contributed by atoms with Crippen LogP contribution in [0.25, 0.3) is 6.08 Å². The number of rotatable bonds is 5. The molecule has 0 unspecified atom stereocenters. The molecule has 0 spiro atoms. The van der Waals surface area contributed by atoms with Crippen LogP contribution in [0.1, 0.15) is 11.1 Å². The molecule has 1 saturated heterocycles. The molecule has 0 saturated carbocycles. The van der Waals surface area contributed by atoms with Crippen molar-refractivity contribution in [3.8, 4) is 5.75 Å². The van der Waals surface area contributed by atoms with Crippen molar-refractivity contribution in [2.45, 2.75) is 6.61 Å². The number of anilines is 1. The van der Waals surface area contributed by atoms with Crippen LogP contribution in [0.2, 0.25) is 5.02 Å². The van der Waals surface area contributed by atoms with Crippen LogP contribution in [0.15, 0.2) is 74.5 Å². The van der Waals surface area contributed by atoms with E-state index in [4.69, 9.17) is 16.3 Å². The first-order valence-electron chi connectivity index (χ1n) is 9.21. The Morgan fingerprint density at radius 1 is 1.03 bits per heavy atom. The van der Waals surface area contributed by atoms with Crippen LogP contribution in [-0.2, 0) is 11.4 Å². The summed E-state index contributed by atoms with van der Waals surface area (Å²) in [4.78, 5) is 26.7. The summed E-state index contributed by atoms with van der Waals surface area (Å²) in [5.41, 5.74) is 1.81. The van der Waals surface area contributed by atoms with Gasteiger partial charge in [-0.3, -0.25) is 9.59 Å². The summed E-state index contributed by atoms with van der Waals surface area (Å²) >= 11 is 13.8. The van der Waals surface area contributed by atoms with E-state index in [1.54, 1.807) is 54.6 Å². The summed E-state index contributed by atoms with van der Waals surface area (Å²) < 4.78 is 20.5. The molecular formula is C23H13Br2ClFNO3S. The van der Waals surface area contributed by atoms with Crippen molar-refractivity contribution < 1.29 is 18.7 Å². The van der Waals surface area contributed by atoms with Crippen LogP contribution in [0.5, 0.6) is 5.75 Å². The number of amides is 2. The molecule has 1 heterocycles. The highest BCUT2D eigenvalue weighted by Crippen LogP contribution is 2.39. The number of thioether (sulfide) groups is 1. The molecule has 9 heteroatoms. The van der Waals surface area contributed by atoms with Crippen LogP contribution in [0.4, 0.5) is 14.9 Å². The zero-order chi connectivity index (χ0) is 22.8. The average Bonchev–Trinajstić information content (AvgIpc) is 3.00. The van der Waals surface area contributed by atoms with Gasteiger partial charge in [0, 0.05) is 5.02 Å². The van der Waals surface area contributed by atoms with Crippen molar-refractivity contribution in [1.82, 2.24) is 0 Å². The third-order valence-electron chi connectivity index (χ3n) is 4.45. The van der Waals surface area contributed by atoms with Crippen LogP contribution < -0.4 is 9.64 Å². The van der Waals surface area contributed by atoms with Gasteiger partial charge < -0.3 is 4.74 Å². The fourth-order valence-corrected chi connectivity index (χ4v) is 5.52. The molecule has 4 rings (SSSR count). The molecule has 1 fully saturated rings. The standard InChI is InChI=1S/C23H13Br2ClFNO3S/c24-18-8-14(9-19(25)21(18)31-12-13-3-1-5-16(27)7-13)10-20-22(29)28(23(30)32-20)17-6-2-4-15(26)11-17/h1-11H,12H2/b20-10+. The van der Waals surface area contributed by atoms with Crippen LogP contribution in [0.3, 0.4) is 0 Å². The minimum absolute atomic E-state index is 0.187. The summed E-state index contributed by atoms with van der Waals surface area (Å²) in [5.74, 6) is -0.203. The molecule has 3 aromatic rings. The maximum absolute atomic E-state index is 13.4. The van der Waals surface area contributed by atoms with Crippen molar-refractivity contribution in [1.29, 1.82) is 0 Å². The second-order valence-corrected chi connectivity index (χ2v) is 9.87. The summed E-state index contributed by atoms with van der Waals surface area (Å²) in [6.45, 7) is 0.187. The van der Waals surface area contributed by atoms with E-state index in [1.807, 2.05) is 0 Å². The normalized spacial score (nSPS) is 15.0. The zero-order valence-electron chi connectivity index (χ0n) is 16.2. The summed E-state index contributed by atoms with van der Waals surface area (Å²) in [6.07, 6.45) is 1.64. The minimum atomic E-state index is -0.416. The molecule has 2 amide bonds. The molecule has 0 bridgehead atoms. The number of nitrogens with zero attached hydrogens (tertiary/aromatic N) is 1. The molecular weight excluding hydrogens is 585 g/mol. The van der Waals surface area contributed by atoms with E-state index in [0.717, 1.165) is 16.7 Å². The lowest BCUT2D eigenvalue weighted by Crippen LogP contribution is -2.27. The van der Waals surface area contributed by atoms with Crippen molar-refractivity contribution in [3.05, 3.63) is 96.5 Å². The lowest BCUT2D eigenvalue weighted by molar-refractivity contribution is -0.113. The predicted octanol–water partition coefficient (Wildman–Crippen LogP) is 7.82. The first-order valence-corrected chi connectivity index (χ1v) is 12.0. The number of carbonyl (C=O) groups excluding carboxylic acids is 2. The summed E-state index contributed by atoms with van der Waals surface area (Å²) in [7, 11) is 0. The first kappa shape index (κ1) is 23.0. The fourth-order valence-electron chi connectivity index (χ4n) is 3.04. The monoisotopic (exact) mass is 595 g/mol. The Hall–Kier alpha value is -2.13. The molecule has 3 aromatic carbocycles. The number of halogens is 4. The number of carbonyl (C=O) groups is 2. The van der Waals surface area contributed by atoms with E-state index in [9.17, 15) is 14.0 Å². The highest BCUT2D eigenvalue weighted by Gasteiger charge is 2.36. The van der Waals surface area contributed by atoms with Gasteiger partial charge >= 0.3 is 0 Å². The maximum atomic E-state index is 13.4. The number of ether oxygens (including phenoxy) is 1. The van der Waals surface area contributed by atoms with Gasteiger partial charge in [-0.1, -0.05) is 29.8 Å². The van der Waals surface area contributed by atoms with Crippen molar-refractivity contribution in [3.63, 3.8) is 0 Å². The Balaban J connectivity index is 1.55. The van der Waals surface area contributed by atoms with E-state index in [0.29, 0.717) is 41.4 Å². The van der Waals surface area contributed by atoms with Gasteiger partial charge in [0.1, 0.15) is 18.2 Å². The molecule has 0 aliphatic carbocycles. The zero-order valence-corrected chi connectivity index (χ0v) is 20.9.